The molecule has 1 aliphatic rings. The van der Waals surface area contributed by atoms with Crippen molar-refractivity contribution >= 4 is 34.6 Å². The lowest BCUT2D eigenvalue weighted by atomic mass is 10.2. The third kappa shape index (κ3) is 4.90. The van der Waals surface area contributed by atoms with Crippen LogP contribution < -0.4 is 19.9 Å². The van der Waals surface area contributed by atoms with Crippen LogP contribution in [0, 0.1) is 10.1 Å². The maximum absolute atomic E-state index is 12.4. The zero-order valence-electron chi connectivity index (χ0n) is 15.5. The van der Waals surface area contributed by atoms with Crippen molar-refractivity contribution in [2.45, 2.75) is 0 Å². The van der Waals surface area contributed by atoms with E-state index < -0.39 is 10.8 Å². The molecule has 1 fully saturated rings. The second kappa shape index (κ2) is 8.90. The van der Waals surface area contributed by atoms with Crippen molar-refractivity contribution in [3.8, 4) is 5.75 Å². The average Bonchev–Trinajstić information content (AvgIpc) is 2.67. The topological polar surface area (TPSA) is 89.2 Å². The molecule has 0 saturated carbocycles. The Morgan fingerprint density at radius 3 is 2.71 bits per heavy atom. The molecule has 0 aromatic heterocycles. The van der Waals surface area contributed by atoms with E-state index in [1.807, 2.05) is 6.07 Å². The number of anilines is 2. The molecule has 148 valence electrons. The average molecular weight is 406 g/mol. The third-order valence-electron chi connectivity index (χ3n) is 4.61. The Labute approximate surface area is 167 Å². The van der Waals surface area contributed by atoms with Gasteiger partial charge in [-0.05, 0) is 24.3 Å². The fraction of sp³-hybridized carbons (Fsp3) is 0.316. The Bertz CT molecular complexity index is 869. The van der Waals surface area contributed by atoms with Gasteiger partial charge in [-0.15, -0.1) is 0 Å². The van der Waals surface area contributed by atoms with Gasteiger partial charge in [0.1, 0.15) is 0 Å². The number of carbonyl (C=O) groups excluding carboxylic acids is 1. The summed E-state index contributed by atoms with van der Waals surface area (Å²) in [5.41, 5.74) is 1.32. The van der Waals surface area contributed by atoms with Gasteiger partial charge in [0.05, 0.1) is 49.5 Å². The number of halogens is 1. The van der Waals surface area contributed by atoms with E-state index in [1.165, 1.54) is 17.0 Å². The van der Waals surface area contributed by atoms with Gasteiger partial charge in [-0.25, -0.2) is 0 Å². The summed E-state index contributed by atoms with van der Waals surface area (Å²) in [5.74, 6) is -0.363. The predicted molar refractivity (Wildman–Crippen MR) is 108 cm³/mol. The van der Waals surface area contributed by atoms with Crippen LogP contribution in [0.2, 0.25) is 5.02 Å². The van der Waals surface area contributed by atoms with Gasteiger partial charge in [-0.2, -0.15) is 0 Å². The molecular weight excluding hydrogens is 384 g/mol. The van der Waals surface area contributed by atoms with Gasteiger partial charge < -0.3 is 19.9 Å². The van der Waals surface area contributed by atoms with Crippen molar-refractivity contribution in [1.82, 2.24) is 0 Å². The molecule has 1 amide bonds. The highest BCUT2D eigenvalue weighted by Crippen LogP contribution is 2.30. The van der Waals surface area contributed by atoms with Crippen molar-refractivity contribution in [1.29, 1.82) is 0 Å². The van der Waals surface area contributed by atoms with Crippen molar-refractivity contribution in [3.63, 3.8) is 0 Å². The molecule has 0 aliphatic carbocycles. The Morgan fingerprint density at radius 2 is 2.00 bits per heavy atom. The molecule has 2 aromatic rings. The first-order valence-corrected chi connectivity index (χ1v) is 9.33. The minimum absolute atomic E-state index is 0.0519. The number of nitrogens with zero attached hydrogens (tertiary/aromatic N) is 2. The summed E-state index contributed by atoms with van der Waals surface area (Å²) in [4.78, 5) is 26.6. The minimum atomic E-state index is -0.544. The molecule has 0 spiro atoms. The normalized spacial score (nSPS) is 14.6. The summed E-state index contributed by atoms with van der Waals surface area (Å²) in [5, 5.41) is 14.4. The van der Waals surface area contributed by atoms with E-state index in [4.69, 9.17) is 16.3 Å². The predicted octanol–water partition coefficient (Wildman–Crippen LogP) is 1.60. The number of hydrogen-bond donors (Lipinski definition) is 2. The molecule has 9 heteroatoms. The zero-order chi connectivity index (χ0) is 20.1. The number of amides is 1. The van der Waals surface area contributed by atoms with Crippen LogP contribution >= 0.6 is 11.6 Å². The Hall–Kier alpha value is -2.84. The van der Waals surface area contributed by atoms with E-state index in [9.17, 15) is 14.9 Å². The smallest absolute Gasteiger partial charge is 0.310 e. The Morgan fingerprint density at radius 1 is 1.29 bits per heavy atom. The molecule has 0 bridgehead atoms. The molecule has 8 nitrogen and oxygen atoms in total. The largest absolute Gasteiger partial charge is 0.477 e. The second-order valence-corrected chi connectivity index (χ2v) is 7.10. The van der Waals surface area contributed by atoms with E-state index in [-0.39, 0.29) is 18.0 Å². The van der Waals surface area contributed by atoms with Gasteiger partial charge in [0.25, 0.3) is 5.91 Å². The fourth-order valence-electron chi connectivity index (χ4n) is 3.07. The van der Waals surface area contributed by atoms with Crippen LogP contribution in [-0.4, -0.2) is 50.7 Å². The summed E-state index contributed by atoms with van der Waals surface area (Å²) in [6.45, 7) is 3.43. The highest BCUT2D eigenvalue weighted by atomic mass is 35.5. The number of rotatable bonds is 6. The maximum Gasteiger partial charge on any atom is 0.310 e. The number of para-hydroxylation sites is 2. The lowest BCUT2D eigenvalue weighted by Crippen LogP contribution is -3.12. The lowest BCUT2D eigenvalue weighted by Gasteiger charge is -2.33. The van der Waals surface area contributed by atoms with Crippen LogP contribution in [0.1, 0.15) is 0 Å². The molecule has 0 radical (unpaired) electrons. The summed E-state index contributed by atoms with van der Waals surface area (Å²) in [6, 6.07) is 11.3. The number of nitrogens with one attached hydrogen (secondary N) is 2. The molecule has 0 atom stereocenters. The molecule has 0 unspecified atom stereocenters. The van der Waals surface area contributed by atoms with Gasteiger partial charge in [0.15, 0.2) is 12.4 Å². The molecule has 1 heterocycles. The van der Waals surface area contributed by atoms with Crippen LogP contribution in [0.3, 0.4) is 0 Å². The minimum Gasteiger partial charge on any atom is -0.477 e. The van der Waals surface area contributed by atoms with Crippen LogP contribution in [0.15, 0.2) is 42.5 Å². The second-order valence-electron chi connectivity index (χ2n) is 6.67. The fourth-order valence-corrected chi connectivity index (χ4v) is 3.25. The van der Waals surface area contributed by atoms with E-state index in [0.29, 0.717) is 10.7 Å². The summed E-state index contributed by atoms with van der Waals surface area (Å²) >= 11 is 6.11. The van der Waals surface area contributed by atoms with E-state index in [0.717, 1.165) is 31.9 Å². The monoisotopic (exact) mass is 405 g/mol. The maximum atomic E-state index is 12.4. The van der Waals surface area contributed by atoms with E-state index in [1.54, 1.807) is 24.3 Å². The standard InChI is InChI=1S/C19H21ClN4O4/c1-22-8-10-23(11-9-22)16-7-6-14(20)12-15(16)21-19(25)13-28-18-5-3-2-4-17(18)24(26)27/h2-7,12H,8-11,13H2,1H3,(H,21,25)/p+1. The number of benzene rings is 2. The van der Waals surface area contributed by atoms with Crippen LogP contribution in [-0.2, 0) is 4.79 Å². The van der Waals surface area contributed by atoms with Gasteiger partial charge in [-0.3, -0.25) is 14.9 Å². The van der Waals surface area contributed by atoms with Crippen LogP contribution in [0.4, 0.5) is 17.1 Å². The van der Waals surface area contributed by atoms with Crippen LogP contribution in [0.5, 0.6) is 5.75 Å². The van der Waals surface area contributed by atoms with E-state index >= 15 is 0 Å². The van der Waals surface area contributed by atoms with Gasteiger partial charge >= 0.3 is 5.69 Å². The van der Waals surface area contributed by atoms with Gasteiger partial charge in [0, 0.05) is 11.1 Å². The number of likely N-dealkylation sites (N-methyl/N-ethyl adjacent to an activating group) is 1. The number of carbonyl (C=O) groups is 1. The summed E-state index contributed by atoms with van der Waals surface area (Å²) < 4.78 is 5.36. The molecule has 3 rings (SSSR count). The first kappa shape index (κ1) is 19.9. The number of hydrogen-bond acceptors (Lipinski definition) is 5. The number of nitro groups is 1. The van der Waals surface area contributed by atoms with Crippen molar-refractivity contribution in [3.05, 3.63) is 57.6 Å². The Kier molecular flexibility index (Phi) is 6.33. The molecular formula is C19H22ClN4O4+. The SMILES string of the molecule is C[NH+]1CCN(c2ccc(Cl)cc2NC(=O)COc2ccccc2[N+](=O)[O-])CC1. The molecule has 2 aromatic carbocycles. The van der Waals surface area contributed by atoms with Crippen molar-refractivity contribution < 1.29 is 19.4 Å². The number of ether oxygens (including phenoxy) is 1. The molecule has 1 aliphatic heterocycles. The summed E-state index contributed by atoms with van der Waals surface area (Å²) in [6.07, 6.45) is 0. The van der Waals surface area contributed by atoms with Gasteiger partial charge in [-0.1, -0.05) is 23.7 Å². The molecule has 28 heavy (non-hydrogen) atoms. The first-order chi connectivity index (χ1) is 13.4. The molecule has 2 N–H and O–H groups in total. The highest BCUT2D eigenvalue weighted by Gasteiger charge is 2.21. The van der Waals surface area contributed by atoms with Gasteiger partial charge in [0.2, 0.25) is 0 Å². The highest BCUT2D eigenvalue weighted by molar-refractivity contribution is 6.31. The van der Waals surface area contributed by atoms with Crippen molar-refractivity contribution in [2.75, 3.05) is 50.1 Å². The summed E-state index contributed by atoms with van der Waals surface area (Å²) in [7, 11) is 2.15. The lowest BCUT2D eigenvalue weighted by molar-refractivity contribution is -0.880. The van der Waals surface area contributed by atoms with Crippen LogP contribution in [0.25, 0.3) is 0 Å². The Balaban J connectivity index is 1.69. The number of piperazine rings is 1. The van der Waals surface area contributed by atoms with Crippen molar-refractivity contribution in [2.24, 2.45) is 0 Å². The van der Waals surface area contributed by atoms with E-state index in [2.05, 4.69) is 17.3 Å². The third-order valence-corrected chi connectivity index (χ3v) is 4.85. The first-order valence-electron chi connectivity index (χ1n) is 8.96. The quantitative estimate of drug-likeness (QED) is 0.563. The number of quaternary nitrogens is 1. The zero-order valence-corrected chi connectivity index (χ0v) is 16.2. The molecule has 1 saturated heterocycles. The number of nitro benzene ring substituents is 1.